The van der Waals surface area contributed by atoms with Crippen molar-refractivity contribution < 1.29 is 31.1 Å². The zero-order valence-corrected chi connectivity index (χ0v) is 35.2. The maximum Gasteiger partial charge on any atom is 0.390 e. The summed E-state index contributed by atoms with van der Waals surface area (Å²) in [6.45, 7) is -0.548. The smallest absolute Gasteiger partial charge is 0.382 e. The van der Waals surface area contributed by atoms with Gasteiger partial charge in [-0.05, 0) is 55.0 Å². The van der Waals surface area contributed by atoms with E-state index in [-0.39, 0.29) is 13.1 Å². The summed E-state index contributed by atoms with van der Waals surface area (Å²) in [5.41, 5.74) is 8.91. The number of fused-ring (bicyclic) bond motifs is 2. The van der Waals surface area contributed by atoms with Gasteiger partial charge in [0.1, 0.15) is 17.7 Å². The van der Waals surface area contributed by atoms with E-state index in [4.69, 9.17) is 17.3 Å². The monoisotopic (exact) mass is 898 g/mol. The summed E-state index contributed by atoms with van der Waals surface area (Å²) < 4.78 is 82.5. The number of aryl methyl sites for hydroxylation is 2. The number of nitrogens with zero attached hydrogens (tertiary/aromatic N) is 10. The van der Waals surface area contributed by atoms with Gasteiger partial charge in [-0.2, -0.15) is 46.7 Å². The molecule has 330 valence electrons. The molecule has 0 bridgehead atoms. The Morgan fingerprint density at radius 1 is 0.688 bits per heavy atom. The molecule has 2 N–H and O–H groups in total. The van der Waals surface area contributed by atoms with Crippen LogP contribution in [-0.4, -0.2) is 85.3 Å². The molecule has 0 aliphatic heterocycles. The van der Waals surface area contributed by atoms with Crippen LogP contribution >= 0.6 is 12.2 Å². The molecule has 0 spiro atoms. The Morgan fingerprint density at radius 3 is 1.53 bits per heavy atom. The number of halogens is 6. The molecule has 0 amide bonds. The lowest BCUT2D eigenvalue weighted by molar-refractivity contribution is -0.132. The summed E-state index contributed by atoms with van der Waals surface area (Å²) in [5.74, 6) is 0.726. The number of hydrogen-bond acceptors (Lipinski definition) is 10. The van der Waals surface area contributed by atoms with Crippen molar-refractivity contribution in [3.63, 3.8) is 0 Å². The van der Waals surface area contributed by atoms with Crippen molar-refractivity contribution in [3.8, 4) is 45.3 Å². The molecule has 0 atom stereocenters. The minimum absolute atomic E-state index is 0.261. The van der Waals surface area contributed by atoms with Gasteiger partial charge in [0.05, 0.1) is 59.4 Å². The molecular weight excluding hydrogens is 859 g/mol. The number of imidazole rings is 2. The van der Waals surface area contributed by atoms with Crippen LogP contribution in [-0.2, 0) is 14.1 Å². The summed E-state index contributed by atoms with van der Waals surface area (Å²) >= 11 is 5.59. The Kier molecular flexibility index (Phi) is 12.3. The maximum atomic E-state index is 12.7. The molecular formula is C44H40F6N12OS. The van der Waals surface area contributed by atoms with Crippen molar-refractivity contribution in [2.45, 2.75) is 44.5 Å². The van der Waals surface area contributed by atoms with Crippen LogP contribution in [0.1, 0.15) is 48.0 Å². The van der Waals surface area contributed by atoms with E-state index in [0.29, 0.717) is 51.0 Å². The second-order valence-corrected chi connectivity index (χ2v) is 15.8. The highest BCUT2D eigenvalue weighted by atomic mass is 32.1. The van der Waals surface area contributed by atoms with E-state index in [9.17, 15) is 31.1 Å². The maximum absolute atomic E-state index is 12.7. The van der Waals surface area contributed by atoms with Crippen molar-refractivity contribution in [2.24, 2.45) is 20.0 Å². The van der Waals surface area contributed by atoms with E-state index in [1.54, 1.807) is 106 Å². The lowest BCUT2D eigenvalue weighted by Gasteiger charge is -2.12. The summed E-state index contributed by atoms with van der Waals surface area (Å²) in [7, 11) is 3.54. The summed E-state index contributed by atoms with van der Waals surface area (Å²) in [6.07, 6.45) is 0.330. The molecule has 8 aromatic rings. The van der Waals surface area contributed by atoms with Crippen LogP contribution in [0.25, 0.3) is 56.6 Å². The van der Waals surface area contributed by atoms with Gasteiger partial charge in [-0.3, -0.25) is 14.2 Å². The van der Waals surface area contributed by atoms with Gasteiger partial charge in [-0.15, -0.1) is 0 Å². The number of nitrogens with one attached hydrogen (secondary N) is 2. The average Bonchev–Trinajstić information content (AvgIpc) is 3.61. The second-order valence-electron chi connectivity index (χ2n) is 15.3. The zero-order valence-electron chi connectivity index (χ0n) is 34.4. The molecule has 6 heterocycles. The number of thiocarbonyl (C=S) groups is 1. The number of carbonyl (C=O) groups is 1. The summed E-state index contributed by atoms with van der Waals surface area (Å²) in [4.78, 5) is 20.7. The number of aromatic nitrogens is 10. The third-order valence-corrected chi connectivity index (χ3v) is 11.0. The lowest BCUT2D eigenvalue weighted by Crippen LogP contribution is -2.15. The minimum Gasteiger partial charge on any atom is -0.382 e. The van der Waals surface area contributed by atoms with Crippen LogP contribution in [0.15, 0.2) is 97.6 Å². The second kappa shape index (κ2) is 18.0. The average molecular weight is 899 g/mol. The zero-order chi connectivity index (χ0) is 45.2. The van der Waals surface area contributed by atoms with E-state index in [1.807, 2.05) is 24.3 Å². The Labute approximate surface area is 367 Å². The predicted octanol–water partition coefficient (Wildman–Crippen LogP) is 9.65. The number of anilines is 2. The number of carbonyl (C=O) groups excluding carboxylic acids is 1. The fraction of sp³-hybridized carbons (Fsp3) is 0.273. The molecule has 0 saturated heterocycles. The minimum atomic E-state index is -4.26. The van der Waals surface area contributed by atoms with Gasteiger partial charge in [0, 0.05) is 61.1 Å². The van der Waals surface area contributed by atoms with Gasteiger partial charge in [0.15, 0.2) is 11.3 Å². The Morgan fingerprint density at radius 2 is 1.14 bits per heavy atom. The van der Waals surface area contributed by atoms with Gasteiger partial charge in [-0.1, -0.05) is 60.7 Å². The largest absolute Gasteiger partial charge is 0.390 e. The van der Waals surface area contributed by atoms with Crippen LogP contribution in [0, 0.1) is 5.92 Å². The van der Waals surface area contributed by atoms with E-state index in [1.165, 1.54) is 12.8 Å². The SMILES string of the molecule is Cn1nccc1-c1cc(NCCC(F)(F)F)c2ncc(-c3ccc(C(=S)CC4CC4)cc3)n2n1.Cn1nccc1-c1cc(NCCC(F)(F)F)c2ncc(-c3ccc(C=O)cc3)n2n1. The molecule has 1 aliphatic rings. The number of rotatable bonds is 14. The van der Waals surface area contributed by atoms with Gasteiger partial charge in [0.25, 0.3) is 0 Å². The Hall–Kier alpha value is -6.96. The standard InChI is InChI=1S/C24H23F3N6S.C20H17F3N6O/c1-32-20(8-10-30-32)18-13-19(28-11-9-24(25,26)27)23-29-14-21(33(23)31-18)16-4-6-17(7-5-16)22(34)12-15-2-3-15;1-28-17(6-8-26-28)15-10-16(24-9-7-20(21,22)23)19-25-11-18(29(19)27-15)14-4-2-13(12-30)3-5-14/h4-8,10,13-15,28H,2-3,9,11-12H2,1H3;2-6,8,10-12,24H,7,9H2,1H3. The molecule has 1 aliphatic carbocycles. The van der Waals surface area contributed by atoms with Crippen molar-refractivity contribution in [3.05, 3.63) is 109 Å². The third-order valence-electron chi connectivity index (χ3n) is 10.6. The molecule has 1 fully saturated rings. The van der Waals surface area contributed by atoms with Crippen LogP contribution in [0.5, 0.6) is 0 Å². The van der Waals surface area contributed by atoms with Crippen molar-refractivity contribution in [2.75, 3.05) is 23.7 Å². The highest BCUT2D eigenvalue weighted by Gasteiger charge is 2.28. The van der Waals surface area contributed by atoms with Gasteiger partial charge >= 0.3 is 12.4 Å². The Bertz CT molecular complexity index is 2930. The number of aldehydes is 1. The molecule has 0 unspecified atom stereocenters. The first-order valence-electron chi connectivity index (χ1n) is 20.2. The summed E-state index contributed by atoms with van der Waals surface area (Å²) in [6, 6.07) is 21.8. The fourth-order valence-corrected chi connectivity index (χ4v) is 7.40. The van der Waals surface area contributed by atoms with Crippen molar-refractivity contribution in [1.82, 2.24) is 48.8 Å². The van der Waals surface area contributed by atoms with Crippen molar-refractivity contribution >= 4 is 46.0 Å². The van der Waals surface area contributed by atoms with Crippen LogP contribution in [0.3, 0.4) is 0 Å². The van der Waals surface area contributed by atoms with Crippen LogP contribution < -0.4 is 10.6 Å². The number of hydrogen-bond donors (Lipinski definition) is 2. The van der Waals surface area contributed by atoms with Gasteiger partial charge < -0.3 is 10.6 Å². The summed E-state index contributed by atoms with van der Waals surface area (Å²) in [5, 5.41) is 23.4. The van der Waals surface area contributed by atoms with Crippen molar-refractivity contribution in [1.29, 1.82) is 0 Å². The molecule has 0 radical (unpaired) electrons. The van der Waals surface area contributed by atoms with Crippen LogP contribution in [0.4, 0.5) is 37.7 Å². The Balaban J connectivity index is 0.000000176. The number of benzene rings is 2. The first kappa shape index (κ1) is 43.7. The first-order chi connectivity index (χ1) is 30.6. The lowest BCUT2D eigenvalue weighted by atomic mass is 10.0. The van der Waals surface area contributed by atoms with E-state index < -0.39 is 25.2 Å². The van der Waals surface area contributed by atoms with E-state index in [0.717, 1.165) is 51.6 Å². The molecule has 6 aromatic heterocycles. The van der Waals surface area contributed by atoms with Gasteiger partial charge in [-0.25, -0.2) is 19.0 Å². The van der Waals surface area contributed by atoms with E-state index >= 15 is 0 Å². The highest BCUT2D eigenvalue weighted by Crippen LogP contribution is 2.35. The normalized spacial score (nSPS) is 12.9. The quantitative estimate of drug-likeness (QED) is 0.0470. The molecule has 13 nitrogen and oxygen atoms in total. The van der Waals surface area contributed by atoms with E-state index in [2.05, 4.69) is 35.9 Å². The molecule has 9 rings (SSSR count). The first-order valence-corrected chi connectivity index (χ1v) is 20.6. The topological polar surface area (TPSA) is 137 Å². The third kappa shape index (κ3) is 10.1. The molecule has 2 aromatic carbocycles. The predicted molar refractivity (Wildman–Crippen MR) is 234 cm³/mol. The molecule has 64 heavy (non-hydrogen) atoms. The fourth-order valence-electron chi connectivity index (χ4n) is 7.03. The molecule has 20 heteroatoms. The highest BCUT2D eigenvalue weighted by molar-refractivity contribution is 7.80. The van der Waals surface area contributed by atoms with Crippen LogP contribution in [0.2, 0.25) is 0 Å². The molecule has 1 saturated carbocycles. The number of alkyl halides is 6. The van der Waals surface area contributed by atoms with Gasteiger partial charge in [0.2, 0.25) is 0 Å².